The highest BCUT2D eigenvalue weighted by atomic mass is 19.1. The van der Waals surface area contributed by atoms with Gasteiger partial charge in [0.15, 0.2) is 0 Å². The van der Waals surface area contributed by atoms with Gasteiger partial charge in [-0.3, -0.25) is 0 Å². The lowest BCUT2D eigenvalue weighted by molar-refractivity contribution is 0.152. The van der Waals surface area contributed by atoms with Crippen LogP contribution in [0.5, 0.6) is 5.75 Å². The van der Waals surface area contributed by atoms with E-state index >= 15 is 0 Å². The number of likely N-dealkylation sites (tertiary alicyclic amines) is 1. The van der Waals surface area contributed by atoms with Gasteiger partial charge < -0.3 is 15.0 Å². The van der Waals surface area contributed by atoms with Crippen molar-refractivity contribution in [2.75, 3.05) is 20.2 Å². The molecule has 1 aromatic rings. The van der Waals surface area contributed by atoms with E-state index in [0.717, 1.165) is 11.3 Å². The number of hydrogen-bond donors (Lipinski definition) is 1. The Morgan fingerprint density at radius 2 is 2.00 bits per heavy atom. The van der Waals surface area contributed by atoms with Gasteiger partial charge in [-0.1, -0.05) is 12.1 Å². The Bertz CT molecular complexity index is 414. The van der Waals surface area contributed by atoms with Gasteiger partial charge in [0.2, 0.25) is 0 Å². The monoisotopic (exact) mass is 266 g/mol. The van der Waals surface area contributed by atoms with Gasteiger partial charge in [0, 0.05) is 19.6 Å². The number of piperidine rings is 1. The standard InChI is InChI=1S/C14H19FN2O2/c1-19-13-4-2-11(3-5-13)10-16-14(18)17-8-6-12(15)7-9-17/h2-5,12H,6-10H2,1H3,(H,16,18). The Balaban J connectivity index is 1.79. The zero-order valence-corrected chi connectivity index (χ0v) is 11.1. The molecule has 0 aliphatic carbocycles. The lowest BCUT2D eigenvalue weighted by atomic mass is 10.1. The fraction of sp³-hybridized carbons (Fsp3) is 0.500. The summed E-state index contributed by atoms with van der Waals surface area (Å²) in [5.74, 6) is 0.792. The van der Waals surface area contributed by atoms with Gasteiger partial charge in [0.1, 0.15) is 11.9 Å². The van der Waals surface area contributed by atoms with Gasteiger partial charge in [0.25, 0.3) is 0 Å². The molecule has 0 radical (unpaired) electrons. The number of carbonyl (C=O) groups excluding carboxylic acids is 1. The first-order valence-electron chi connectivity index (χ1n) is 6.49. The van der Waals surface area contributed by atoms with Crippen LogP contribution in [0, 0.1) is 0 Å². The van der Waals surface area contributed by atoms with Gasteiger partial charge in [-0.15, -0.1) is 0 Å². The molecule has 0 unspecified atom stereocenters. The molecule has 1 saturated heterocycles. The van der Waals surface area contributed by atoms with Crippen LogP contribution in [0.3, 0.4) is 0 Å². The first kappa shape index (κ1) is 13.6. The molecule has 1 heterocycles. The topological polar surface area (TPSA) is 41.6 Å². The van der Waals surface area contributed by atoms with E-state index in [4.69, 9.17) is 4.74 Å². The number of amides is 2. The van der Waals surface area contributed by atoms with Gasteiger partial charge in [-0.25, -0.2) is 9.18 Å². The Labute approximate surface area is 112 Å². The SMILES string of the molecule is COc1ccc(CNC(=O)N2CCC(F)CC2)cc1. The number of carbonyl (C=O) groups is 1. The molecule has 0 aromatic heterocycles. The second kappa shape index (κ2) is 6.41. The number of nitrogens with zero attached hydrogens (tertiary/aromatic N) is 1. The summed E-state index contributed by atoms with van der Waals surface area (Å²) in [5.41, 5.74) is 1.01. The van der Waals surface area contributed by atoms with E-state index in [2.05, 4.69) is 5.32 Å². The van der Waals surface area contributed by atoms with Crippen molar-refractivity contribution in [3.63, 3.8) is 0 Å². The van der Waals surface area contributed by atoms with E-state index in [1.54, 1.807) is 12.0 Å². The van der Waals surface area contributed by atoms with E-state index < -0.39 is 6.17 Å². The molecule has 0 bridgehead atoms. The molecule has 1 N–H and O–H groups in total. The van der Waals surface area contributed by atoms with Gasteiger partial charge in [-0.05, 0) is 30.5 Å². The summed E-state index contributed by atoms with van der Waals surface area (Å²) in [6.45, 7) is 1.46. The van der Waals surface area contributed by atoms with Crippen LogP contribution in [0.15, 0.2) is 24.3 Å². The van der Waals surface area contributed by atoms with Crippen molar-refractivity contribution >= 4 is 6.03 Å². The predicted molar refractivity (Wildman–Crippen MR) is 70.9 cm³/mol. The van der Waals surface area contributed by atoms with Gasteiger partial charge >= 0.3 is 6.03 Å². The number of methoxy groups -OCH3 is 1. The first-order valence-corrected chi connectivity index (χ1v) is 6.49. The second-order valence-electron chi connectivity index (χ2n) is 4.67. The summed E-state index contributed by atoms with van der Waals surface area (Å²) in [7, 11) is 1.62. The van der Waals surface area contributed by atoms with Crippen LogP contribution in [0.4, 0.5) is 9.18 Å². The molecule has 0 atom stereocenters. The van der Waals surface area contributed by atoms with Crippen LogP contribution in [0.25, 0.3) is 0 Å². The summed E-state index contributed by atoms with van der Waals surface area (Å²) in [6.07, 6.45) is 0.122. The van der Waals surface area contributed by atoms with Crippen molar-refractivity contribution in [1.82, 2.24) is 10.2 Å². The lowest BCUT2D eigenvalue weighted by Gasteiger charge is -2.28. The minimum absolute atomic E-state index is 0.122. The zero-order valence-electron chi connectivity index (χ0n) is 11.1. The second-order valence-corrected chi connectivity index (χ2v) is 4.67. The average Bonchev–Trinajstić information content (AvgIpc) is 2.46. The highest BCUT2D eigenvalue weighted by Gasteiger charge is 2.21. The lowest BCUT2D eigenvalue weighted by Crippen LogP contribution is -2.44. The van der Waals surface area contributed by atoms with E-state index in [9.17, 15) is 9.18 Å². The van der Waals surface area contributed by atoms with Gasteiger partial charge in [-0.2, -0.15) is 0 Å². The molecule has 2 amide bonds. The van der Waals surface area contributed by atoms with E-state index in [1.165, 1.54) is 0 Å². The third-order valence-electron chi connectivity index (χ3n) is 3.31. The van der Waals surface area contributed by atoms with Crippen LogP contribution in [-0.4, -0.2) is 37.3 Å². The summed E-state index contributed by atoms with van der Waals surface area (Å²) >= 11 is 0. The molecule has 2 rings (SSSR count). The van der Waals surface area contributed by atoms with Crippen LogP contribution in [0.2, 0.25) is 0 Å². The highest BCUT2D eigenvalue weighted by molar-refractivity contribution is 5.74. The number of ether oxygens (including phenoxy) is 1. The van der Waals surface area contributed by atoms with E-state index in [0.29, 0.717) is 32.5 Å². The average molecular weight is 266 g/mol. The number of hydrogen-bond acceptors (Lipinski definition) is 2. The zero-order chi connectivity index (χ0) is 13.7. The Kier molecular flexibility index (Phi) is 4.60. The summed E-state index contributed by atoms with van der Waals surface area (Å²) < 4.78 is 18.0. The number of halogens is 1. The fourth-order valence-electron chi connectivity index (χ4n) is 2.08. The smallest absolute Gasteiger partial charge is 0.317 e. The molecular weight excluding hydrogens is 247 g/mol. The third kappa shape index (κ3) is 3.84. The number of alkyl halides is 1. The largest absolute Gasteiger partial charge is 0.497 e. The number of rotatable bonds is 3. The molecule has 5 heteroatoms. The van der Waals surface area contributed by atoms with Crippen molar-refractivity contribution in [3.05, 3.63) is 29.8 Å². The highest BCUT2D eigenvalue weighted by Crippen LogP contribution is 2.14. The molecular formula is C14H19FN2O2. The Morgan fingerprint density at radius 3 is 2.58 bits per heavy atom. The minimum atomic E-state index is -0.759. The predicted octanol–water partition coefficient (Wildman–Crippen LogP) is 2.34. The van der Waals surface area contributed by atoms with Crippen molar-refractivity contribution in [3.8, 4) is 5.75 Å². The van der Waals surface area contributed by atoms with E-state index in [-0.39, 0.29) is 6.03 Å². The maximum atomic E-state index is 13.0. The molecule has 19 heavy (non-hydrogen) atoms. The summed E-state index contributed by atoms with van der Waals surface area (Å²) in [6, 6.07) is 7.41. The van der Waals surface area contributed by atoms with Crippen molar-refractivity contribution in [2.24, 2.45) is 0 Å². The van der Waals surface area contributed by atoms with Gasteiger partial charge in [0.05, 0.1) is 7.11 Å². The number of benzene rings is 1. The molecule has 0 spiro atoms. The Hall–Kier alpha value is -1.78. The third-order valence-corrected chi connectivity index (χ3v) is 3.31. The van der Waals surface area contributed by atoms with Crippen LogP contribution >= 0.6 is 0 Å². The van der Waals surface area contributed by atoms with Crippen LogP contribution in [-0.2, 0) is 6.54 Å². The number of nitrogens with one attached hydrogen (secondary N) is 1. The molecule has 104 valence electrons. The van der Waals surface area contributed by atoms with Crippen molar-refractivity contribution in [2.45, 2.75) is 25.6 Å². The summed E-state index contributed by atoms with van der Waals surface area (Å²) in [5, 5.41) is 2.84. The van der Waals surface area contributed by atoms with Crippen LogP contribution in [0.1, 0.15) is 18.4 Å². The molecule has 1 fully saturated rings. The molecule has 1 aliphatic rings. The van der Waals surface area contributed by atoms with Crippen molar-refractivity contribution in [1.29, 1.82) is 0 Å². The first-order chi connectivity index (χ1) is 9.19. The molecule has 4 nitrogen and oxygen atoms in total. The maximum Gasteiger partial charge on any atom is 0.317 e. The minimum Gasteiger partial charge on any atom is -0.497 e. The van der Waals surface area contributed by atoms with Crippen LogP contribution < -0.4 is 10.1 Å². The molecule has 0 saturated carbocycles. The maximum absolute atomic E-state index is 13.0. The summed E-state index contributed by atoms with van der Waals surface area (Å²) in [4.78, 5) is 13.5. The number of urea groups is 1. The van der Waals surface area contributed by atoms with Crippen molar-refractivity contribution < 1.29 is 13.9 Å². The Morgan fingerprint density at radius 1 is 1.37 bits per heavy atom. The normalized spacial score (nSPS) is 16.2. The fourth-order valence-corrected chi connectivity index (χ4v) is 2.08. The molecule has 1 aromatic carbocycles. The van der Waals surface area contributed by atoms with E-state index in [1.807, 2.05) is 24.3 Å². The quantitative estimate of drug-likeness (QED) is 0.912. The molecule has 1 aliphatic heterocycles.